The van der Waals surface area contributed by atoms with Crippen LogP contribution in [-0.4, -0.2) is 63.7 Å². The van der Waals surface area contributed by atoms with E-state index in [2.05, 4.69) is 13.8 Å². The zero-order valence-electron chi connectivity index (χ0n) is 31.3. The molecule has 0 fully saturated rings. The summed E-state index contributed by atoms with van der Waals surface area (Å²) >= 11 is 0. The van der Waals surface area contributed by atoms with E-state index in [1.54, 1.807) is 12.1 Å². The summed E-state index contributed by atoms with van der Waals surface area (Å²) in [4.78, 5) is -0.556. The van der Waals surface area contributed by atoms with Crippen LogP contribution in [0.2, 0.25) is 0 Å². The summed E-state index contributed by atoms with van der Waals surface area (Å²) in [6.07, 6.45) is 19.3. The number of rotatable bonds is 22. The summed E-state index contributed by atoms with van der Waals surface area (Å²) in [5.74, 6) is 2.13. The minimum Gasteiger partial charge on any atom is -0.744 e. The van der Waals surface area contributed by atoms with Gasteiger partial charge in [0, 0.05) is 0 Å². The van der Waals surface area contributed by atoms with Gasteiger partial charge in [-0.1, -0.05) is 139 Å². The van der Waals surface area contributed by atoms with Crippen molar-refractivity contribution in [3.05, 3.63) is 108 Å². The molecule has 0 unspecified atom stereocenters. The molecule has 8 nitrogen and oxygen atoms in total. The second kappa shape index (κ2) is 25.6. The zero-order valence-corrected chi connectivity index (χ0v) is 35.2. The van der Waals surface area contributed by atoms with Gasteiger partial charge in [-0.3, -0.25) is 0 Å². The molecule has 0 aliphatic rings. The number of unbranched alkanes of at least 4 members (excludes halogenated alkanes) is 12. The van der Waals surface area contributed by atoms with Crippen LogP contribution in [0.4, 0.5) is 0 Å². The molecule has 0 bridgehead atoms. The van der Waals surface area contributed by atoms with Gasteiger partial charge in [-0.25, -0.2) is 16.8 Å². The standard InChI is InChI=1S/2C21H28O4S.Ca/c2*1-2-3-4-5-6-7-8-12-18-13-9-10-16-21(18)25-19-14-11-15-20(17-19)26(22,23)24;/h2*9-11,13-17H,2-8,12H2,1H3,(H,22,23,24);/q;;+2/p-2. The largest absolute Gasteiger partial charge is 2.00 e. The van der Waals surface area contributed by atoms with Crippen molar-refractivity contribution in [1.82, 2.24) is 0 Å². The van der Waals surface area contributed by atoms with E-state index in [9.17, 15) is 25.9 Å². The Kier molecular flexibility index (Phi) is 22.6. The van der Waals surface area contributed by atoms with E-state index in [0.717, 1.165) is 36.8 Å². The number of benzene rings is 4. The predicted octanol–water partition coefficient (Wildman–Crippen LogP) is 11.0. The Morgan fingerprint density at radius 2 is 0.792 bits per heavy atom. The van der Waals surface area contributed by atoms with Crippen molar-refractivity contribution in [2.45, 2.75) is 126 Å². The number of hydrogen-bond donors (Lipinski definition) is 0. The van der Waals surface area contributed by atoms with Crippen LogP contribution in [-0.2, 0) is 33.1 Å². The van der Waals surface area contributed by atoms with Crippen LogP contribution in [0.5, 0.6) is 23.0 Å². The first-order valence-corrected chi connectivity index (χ1v) is 21.5. The molecule has 0 aromatic heterocycles. The summed E-state index contributed by atoms with van der Waals surface area (Å²) in [7, 11) is -8.97. The fraction of sp³-hybridized carbons (Fsp3) is 0.429. The van der Waals surface area contributed by atoms with Crippen molar-refractivity contribution >= 4 is 58.0 Å². The number of ether oxygens (including phenoxy) is 2. The number of hydrogen-bond acceptors (Lipinski definition) is 8. The van der Waals surface area contributed by atoms with Gasteiger partial charge in [0.2, 0.25) is 0 Å². The fourth-order valence-corrected chi connectivity index (χ4v) is 6.82. The molecule has 0 saturated carbocycles. The van der Waals surface area contributed by atoms with Gasteiger partial charge < -0.3 is 18.6 Å². The van der Waals surface area contributed by atoms with Gasteiger partial charge in [-0.05, 0) is 85.3 Å². The second-order valence-corrected chi connectivity index (χ2v) is 15.8. The molecule has 4 rings (SSSR count). The molecule has 4 aromatic carbocycles. The van der Waals surface area contributed by atoms with Crippen molar-refractivity contribution in [2.24, 2.45) is 0 Å². The molecule has 0 spiro atoms. The average Bonchev–Trinajstić information content (AvgIpc) is 3.12. The molecule has 0 atom stereocenters. The summed E-state index contributed by atoms with van der Waals surface area (Å²) in [5.41, 5.74) is 2.19. The Hall–Kier alpha value is -2.44. The maximum absolute atomic E-state index is 11.2. The van der Waals surface area contributed by atoms with E-state index < -0.39 is 20.2 Å². The summed E-state index contributed by atoms with van der Waals surface area (Å²) < 4.78 is 78.7. The van der Waals surface area contributed by atoms with Crippen LogP contribution < -0.4 is 9.47 Å². The molecule has 4 aromatic rings. The molecule has 11 heteroatoms. The van der Waals surface area contributed by atoms with Gasteiger partial charge in [0.05, 0.1) is 9.79 Å². The fourth-order valence-electron chi connectivity index (χ4n) is 5.81. The van der Waals surface area contributed by atoms with E-state index in [4.69, 9.17) is 9.47 Å². The Bertz CT molecular complexity index is 1710. The predicted molar refractivity (Wildman–Crippen MR) is 211 cm³/mol. The van der Waals surface area contributed by atoms with Crippen LogP contribution in [0.1, 0.15) is 115 Å². The van der Waals surface area contributed by atoms with Crippen molar-refractivity contribution in [3.63, 3.8) is 0 Å². The molecule has 0 N–H and O–H groups in total. The van der Waals surface area contributed by atoms with Gasteiger partial charge >= 0.3 is 37.7 Å². The average molecular weight is 791 g/mol. The zero-order chi connectivity index (χ0) is 37.7. The summed E-state index contributed by atoms with van der Waals surface area (Å²) in [5, 5.41) is 0. The molecule has 0 aliphatic heterocycles. The van der Waals surface area contributed by atoms with E-state index in [1.807, 2.05) is 48.5 Å². The smallest absolute Gasteiger partial charge is 0.744 e. The molecular weight excluding hydrogens is 737 g/mol. The number of para-hydroxylation sites is 2. The van der Waals surface area contributed by atoms with Crippen LogP contribution in [0.25, 0.3) is 0 Å². The van der Waals surface area contributed by atoms with Gasteiger partial charge in [-0.15, -0.1) is 0 Å². The monoisotopic (exact) mass is 790 g/mol. The first-order valence-electron chi connectivity index (χ1n) is 18.6. The van der Waals surface area contributed by atoms with Crippen LogP contribution >= 0.6 is 0 Å². The van der Waals surface area contributed by atoms with Gasteiger partial charge in [-0.2, -0.15) is 0 Å². The molecule has 0 heterocycles. The van der Waals surface area contributed by atoms with E-state index in [1.165, 1.54) is 113 Å². The van der Waals surface area contributed by atoms with Gasteiger partial charge in [0.25, 0.3) is 0 Å². The van der Waals surface area contributed by atoms with Crippen molar-refractivity contribution < 1.29 is 35.4 Å². The quantitative estimate of drug-likeness (QED) is 0.0436. The SMILES string of the molecule is CCCCCCCCCc1ccccc1Oc1cccc(S(=O)(=O)[O-])c1.CCCCCCCCCc1ccccc1Oc1cccc(S(=O)(=O)[O-])c1.[Ca+2]. The Balaban J connectivity index is 0.000000360. The minimum atomic E-state index is -4.49. The molecule has 0 aliphatic carbocycles. The third kappa shape index (κ3) is 18.6. The Morgan fingerprint density at radius 3 is 1.15 bits per heavy atom. The molecule has 0 amide bonds. The van der Waals surface area contributed by atoms with E-state index in [-0.39, 0.29) is 47.5 Å². The molecule has 53 heavy (non-hydrogen) atoms. The molecular formula is C42H54CaO8S2. The van der Waals surface area contributed by atoms with Crippen LogP contribution in [0, 0.1) is 0 Å². The Labute approximate surface area is 348 Å². The topological polar surface area (TPSA) is 133 Å². The van der Waals surface area contributed by atoms with Gasteiger partial charge in [0.15, 0.2) is 0 Å². The second-order valence-electron chi connectivity index (χ2n) is 13.0. The summed E-state index contributed by atoms with van der Waals surface area (Å²) in [6.45, 7) is 4.44. The number of aryl methyl sites for hydroxylation is 2. The third-order valence-corrected chi connectivity index (χ3v) is 10.4. The summed E-state index contributed by atoms with van der Waals surface area (Å²) in [6, 6.07) is 26.9. The van der Waals surface area contributed by atoms with E-state index in [0.29, 0.717) is 23.0 Å². The van der Waals surface area contributed by atoms with Crippen molar-refractivity contribution in [1.29, 1.82) is 0 Å². The maximum atomic E-state index is 11.2. The normalized spacial score (nSPS) is 11.2. The third-order valence-electron chi connectivity index (χ3n) is 8.69. The first-order chi connectivity index (χ1) is 25.0. The minimum absolute atomic E-state index is 0. The first kappa shape index (κ1) is 46.7. The van der Waals surface area contributed by atoms with E-state index >= 15 is 0 Å². The Morgan fingerprint density at radius 1 is 0.453 bits per heavy atom. The maximum Gasteiger partial charge on any atom is 2.00 e. The van der Waals surface area contributed by atoms with Crippen molar-refractivity contribution in [3.8, 4) is 23.0 Å². The van der Waals surface area contributed by atoms with Gasteiger partial charge in [0.1, 0.15) is 43.2 Å². The molecule has 0 radical (unpaired) electrons. The van der Waals surface area contributed by atoms with Crippen LogP contribution in [0.15, 0.2) is 107 Å². The molecule has 284 valence electrons. The van der Waals surface area contributed by atoms with Crippen LogP contribution in [0.3, 0.4) is 0 Å². The van der Waals surface area contributed by atoms with Crippen molar-refractivity contribution in [2.75, 3.05) is 0 Å². The molecule has 0 saturated heterocycles.